The molecule has 1 atom stereocenters. The minimum atomic E-state index is -0.470. The highest BCUT2D eigenvalue weighted by molar-refractivity contribution is 5.93. The zero-order chi connectivity index (χ0) is 13.7. The van der Waals surface area contributed by atoms with Crippen molar-refractivity contribution in [2.24, 2.45) is 0 Å². The van der Waals surface area contributed by atoms with Crippen LogP contribution in [0.2, 0.25) is 0 Å². The topological polar surface area (TPSA) is 29.5 Å². The van der Waals surface area contributed by atoms with Gasteiger partial charge in [-0.05, 0) is 44.0 Å². The fourth-order valence-electron chi connectivity index (χ4n) is 1.62. The van der Waals surface area contributed by atoms with Gasteiger partial charge in [-0.3, -0.25) is 4.79 Å². The Morgan fingerprint density at radius 2 is 1.78 bits per heavy atom. The molecule has 0 amide bonds. The van der Waals surface area contributed by atoms with Crippen LogP contribution < -0.4 is 4.74 Å². The molecule has 0 N–H and O–H groups in total. The van der Waals surface area contributed by atoms with Gasteiger partial charge < -0.3 is 9.64 Å². The third-order valence-corrected chi connectivity index (χ3v) is 2.45. The lowest BCUT2D eigenvalue weighted by Gasteiger charge is -2.13. The number of ketones is 1. The summed E-state index contributed by atoms with van der Waals surface area (Å²) in [6.45, 7) is 5.79. The van der Waals surface area contributed by atoms with E-state index in [1.807, 2.05) is 45.0 Å². The Morgan fingerprint density at radius 3 is 2.28 bits per heavy atom. The molecule has 3 nitrogen and oxygen atoms in total. The van der Waals surface area contributed by atoms with Crippen molar-refractivity contribution < 1.29 is 9.53 Å². The molecule has 1 rings (SSSR count). The summed E-state index contributed by atoms with van der Waals surface area (Å²) in [6, 6.07) is 5.95. The smallest absolute Gasteiger partial charge is 0.197 e. The molecular formula is C15H21NO2. The molecule has 1 aromatic rings. The van der Waals surface area contributed by atoms with E-state index in [9.17, 15) is 4.79 Å². The van der Waals surface area contributed by atoms with Crippen molar-refractivity contribution in [3.8, 4) is 5.75 Å². The Morgan fingerprint density at radius 1 is 1.22 bits per heavy atom. The van der Waals surface area contributed by atoms with E-state index in [0.29, 0.717) is 0 Å². The molecular weight excluding hydrogens is 226 g/mol. The highest BCUT2D eigenvalue weighted by Crippen LogP contribution is 2.17. The van der Waals surface area contributed by atoms with Gasteiger partial charge in [-0.25, -0.2) is 0 Å². The maximum absolute atomic E-state index is 11.8. The average molecular weight is 247 g/mol. The number of benzene rings is 1. The lowest BCUT2D eigenvalue weighted by molar-refractivity contribution is -0.120. The molecule has 0 spiro atoms. The van der Waals surface area contributed by atoms with Crippen LogP contribution in [-0.2, 0) is 4.79 Å². The number of hydrogen-bond acceptors (Lipinski definition) is 3. The van der Waals surface area contributed by atoms with Crippen LogP contribution in [0.5, 0.6) is 5.75 Å². The fraction of sp³-hybridized carbons (Fsp3) is 0.400. The van der Waals surface area contributed by atoms with Crippen molar-refractivity contribution in [1.82, 2.24) is 4.90 Å². The summed E-state index contributed by atoms with van der Waals surface area (Å²) < 4.78 is 5.65. The van der Waals surface area contributed by atoms with Gasteiger partial charge in [0.25, 0.3) is 0 Å². The largest absolute Gasteiger partial charge is 0.483 e. The Hall–Kier alpha value is -1.77. The van der Waals surface area contributed by atoms with E-state index in [1.165, 1.54) is 6.08 Å². The number of nitrogens with zero attached hydrogens (tertiary/aromatic N) is 1. The van der Waals surface area contributed by atoms with Crippen molar-refractivity contribution in [2.45, 2.75) is 26.9 Å². The van der Waals surface area contributed by atoms with Crippen LogP contribution in [0.1, 0.15) is 18.1 Å². The fourth-order valence-corrected chi connectivity index (χ4v) is 1.62. The van der Waals surface area contributed by atoms with E-state index < -0.39 is 6.10 Å². The molecule has 98 valence electrons. The van der Waals surface area contributed by atoms with Gasteiger partial charge in [-0.2, -0.15) is 0 Å². The Balaban J connectivity index is 2.69. The molecule has 0 bridgehead atoms. The zero-order valence-electron chi connectivity index (χ0n) is 11.7. The van der Waals surface area contributed by atoms with Crippen molar-refractivity contribution in [2.75, 3.05) is 14.1 Å². The third kappa shape index (κ3) is 4.62. The first-order valence-corrected chi connectivity index (χ1v) is 6.02. The molecule has 1 aromatic carbocycles. The highest BCUT2D eigenvalue weighted by atomic mass is 16.5. The number of aryl methyl sites for hydroxylation is 2. The first kappa shape index (κ1) is 14.3. The molecule has 0 fully saturated rings. The Labute approximate surface area is 109 Å². The first-order chi connectivity index (χ1) is 8.38. The van der Waals surface area contributed by atoms with Crippen LogP contribution in [0.15, 0.2) is 30.5 Å². The molecule has 1 unspecified atom stereocenters. The predicted molar refractivity (Wildman–Crippen MR) is 73.8 cm³/mol. The summed E-state index contributed by atoms with van der Waals surface area (Å²) in [7, 11) is 3.75. The number of rotatable bonds is 5. The second kappa shape index (κ2) is 6.24. The number of carbonyl (C=O) groups is 1. The van der Waals surface area contributed by atoms with Gasteiger partial charge in [-0.1, -0.05) is 6.07 Å². The summed E-state index contributed by atoms with van der Waals surface area (Å²) >= 11 is 0. The second-order valence-electron chi connectivity index (χ2n) is 4.77. The molecule has 3 heteroatoms. The molecule has 0 aromatic heterocycles. The van der Waals surface area contributed by atoms with Crippen LogP contribution in [0, 0.1) is 13.8 Å². The van der Waals surface area contributed by atoms with Crippen molar-refractivity contribution in [1.29, 1.82) is 0 Å². The average Bonchev–Trinajstić information content (AvgIpc) is 2.24. The van der Waals surface area contributed by atoms with Gasteiger partial charge in [0.05, 0.1) is 0 Å². The molecule has 18 heavy (non-hydrogen) atoms. The summed E-state index contributed by atoms with van der Waals surface area (Å²) in [5.74, 6) is 0.703. The lowest BCUT2D eigenvalue weighted by Crippen LogP contribution is -2.22. The van der Waals surface area contributed by atoms with Crippen molar-refractivity contribution >= 4 is 5.78 Å². The zero-order valence-corrected chi connectivity index (χ0v) is 11.7. The minimum absolute atomic E-state index is 0.0390. The normalized spacial score (nSPS) is 12.5. The maximum atomic E-state index is 11.8. The molecule has 0 radical (unpaired) electrons. The SMILES string of the molecule is Cc1cc(C)cc(OC(C)C(=O)/C=C/N(C)C)c1. The second-order valence-corrected chi connectivity index (χ2v) is 4.77. The third-order valence-electron chi connectivity index (χ3n) is 2.45. The van der Waals surface area contributed by atoms with Gasteiger partial charge in [0.1, 0.15) is 5.75 Å². The van der Waals surface area contributed by atoms with Gasteiger partial charge in [0, 0.05) is 26.4 Å². The molecule has 0 saturated heterocycles. The summed E-state index contributed by atoms with van der Waals surface area (Å²) in [6.07, 6.45) is 2.79. The van der Waals surface area contributed by atoms with Crippen molar-refractivity contribution in [3.63, 3.8) is 0 Å². The molecule has 0 aliphatic carbocycles. The van der Waals surface area contributed by atoms with Gasteiger partial charge >= 0.3 is 0 Å². The summed E-state index contributed by atoms with van der Waals surface area (Å²) in [4.78, 5) is 13.6. The quantitative estimate of drug-likeness (QED) is 0.749. The van der Waals surface area contributed by atoms with E-state index in [0.717, 1.165) is 16.9 Å². The molecule has 0 heterocycles. The molecule has 0 aliphatic heterocycles. The first-order valence-electron chi connectivity index (χ1n) is 6.02. The van der Waals surface area contributed by atoms with Crippen LogP contribution >= 0.6 is 0 Å². The summed E-state index contributed by atoms with van der Waals surface area (Å²) in [5, 5.41) is 0. The van der Waals surface area contributed by atoms with E-state index in [2.05, 4.69) is 6.07 Å². The number of carbonyl (C=O) groups excluding carboxylic acids is 1. The van der Waals surface area contributed by atoms with E-state index >= 15 is 0 Å². The van der Waals surface area contributed by atoms with Gasteiger partial charge in [0.2, 0.25) is 0 Å². The monoisotopic (exact) mass is 247 g/mol. The maximum Gasteiger partial charge on any atom is 0.197 e. The highest BCUT2D eigenvalue weighted by Gasteiger charge is 2.11. The molecule has 0 saturated carbocycles. The van der Waals surface area contributed by atoms with Gasteiger partial charge in [0.15, 0.2) is 11.9 Å². The summed E-state index contributed by atoms with van der Waals surface area (Å²) in [5.41, 5.74) is 2.27. The van der Waals surface area contributed by atoms with Crippen molar-refractivity contribution in [3.05, 3.63) is 41.6 Å². The van der Waals surface area contributed by atoms with Crippen LogP contribution in [0.3, 0.4) is 0 Å². The minimum Gasteiger partial charge on any atom is -0.483 e. The van der Waals surface area contributed by atoms with Crippen LogP contribution in [0.4, 0.5) is 0 Å². The number of ether oxygens (including phenoxy) is 1. The standard InChI is InChI=1S/C15H21NO2/c1-11-8-12(2)10-14(9-11)18-13(3)15(17)6-7-16(4)5/h6-10,13H,1-5H3/b7-6+. The molecule has 0 aliphatic rings. The van der Waals surface area contributed by atoms with Crippen LogP contribution in [-0.4, -0.2) is 30.9 Å². The Bertz CT molecular complexity index is 430. The predicted octanol–water partition coefficient (Wildman–Crippen LogP) is 2.72. The van der Waals surface area contributed by atoms with Gasteiger partial charge in [-0.15, -0.1) is 0 Å². The van der Waals surface area contributed by atoms with Crippen LogP contribution in [0.25, 0.3) is 0 Å². The number of hydrogen-bond donors (Lipinski definition) is 0. The van der Waals surface area contributed by atoms with E-state index in [1.54, 1.807) is 13.1 Å². The van der Waals surface area contributed by atoms with E-state index in [4.69, 9.17) is 4.74 Å². The lowest BCUT2D eigenvalue weighted by atomic mass is 10.1. The van der Waals surface area contributed by atoms with E-state index in [-0.39, 0.29) is 5.78 Å². The Kier molecular flexibility index (Phi) is 4.95.